The number of rotatable bonds is 58. The van der Waals surface area contributed by atoms with Crippen molar-refractivity contribution < 1.29 is 28.6 Å². The molecule has 0 spiro atoms. The molecule has 0 fully saturated rings. The Morgan fingerprint density at radius 2 is 0.513 bits per heavy atom. The number of unbranched alkanes of at least 4 members (excludes halogenated alkanes) is 27. The lowest BCUT2D eigenvalue weighted by Crippen LogP contribution is -2.30. The smallest absolute Gasteiger partial charge is 0.306 e. The lowest BCUT2D eigenvalue weighted by molar-refractivity contribution is -0.167. The first kappa shape index (κ1) is 73.8. The van der Waals surface area contributed by atoms with E-state index in [0.717, 1.165) is 141 Å². The SMILES string of the molecule is CC/C=C\C/C=C\C/C=C\C/C=C\C/C=C\C/C=C\CCCCCCC(=O)OCC(COC(=O)CCCCCCC/C=C\C/C=C\CCCC)OC(=O)CCCCCCCCCCCCC/C=C\C/C=C\CCCCCCC. The molecule has 0 aliphatic carbocycles. The summed E-state index contributed by atoms with van der Waals surface area (Å²) in [6.07, 6.45) is 90.6. The van der Waals surface area contributed by atoms with Gasteiger partial charge in [0.15, 0.2) is 6.10 Å². The number of ether oxygens (including phenoxy) is 3. The summed E-state index contributed by atoms with van der Waals surface area (Å²) in [5.74, 6) is -0.931. The number of carbonyl (C=O) groups excluding carboxylic acids is 3. The van der Waals surface area contributed by atoms with Crippen LogP contribution in [0.4, 0.5) is 0 Å². The highest BCUT2D eigenvalue weighted by Gasteiger charge is 2.19. The minimum atomic E-state index is -0.801. The van der Waals surface area contributed by atoms with E-state index in [9.17, 15) is 14.4 Å². The molecule has 0 radical (unpaired) electrons. The fourth-order valence-corrected chi connectivity index (χ4v) is 8.79. The van der Waals surface area contributed by atoms with Crippen LogP contribution in [-0.2, 0) is 28.6 Å². The average Bonchev–Trinajstić information content (AvgIpc) is 3.44. The third-order valence-electron chi connectivity index (χ3n) is 13.7. The third kappa shape index (κ3) is 62.7. The van der Waals surface area contributed by atoms with Crippen molar-refractivity contribution in [2.24, 2.45) is 0 Å². The van der Waals surface area contributed by atoms with Crippen LogP contribution >= 0.6 is 0 Å². The number of carbonyl (C=O) groups is 3. The Kier molecular flexibility index (Phi) is 61.8. The highest BCUT2D eigenvalue weighted by molar-refractivity contribution is 5.71. The van der Waals surface area contributed by atoms with Crippen molar-refractivity contribution in [3.05, 3.63) is 122 Å². The van der Waals surface area contributed by atoms with Crippen molar-refractivity contribution in [2.75, 3.05) is 13.2 Å². The Hall–Kier alpha value is -4.19. The monoisotopic (exact) mass is 1080 g/mol. The van der Waals surface area contributed by atoms with E-state index >= 15 is 0 Å². The van der Waals surface area contributed by atoms with Crippen molar-refractivity contribution in [3.8, 4) is 0 Å². The molecule has 0 aromatic rings. The molecule has 444 valence electrons. The molecule has 0 N–H and O–H groups in total. The van der Waals surface area contributed by atoms with E-state index in [1.165, 1.54) is 116 Å². The molecule has 1 atom stereocenters. The van der Waals surface area contributed by atoms with Crippen molar-refractivity contribution >= 4 is 17.9 Å². The van der Waals surface area contributed by atoms with E-state index in [0.29, 0.717) is 19.3 Å². The normalized spacial score (nSPS) is 12.9. The molecule has 6 nitrogen and oxygen atoms in total. The van der Waals surface area contributed by atoms with Gasteiger partial charge in [0.1, 0.15) is 13.2 Å². The van der Waals surface area contributed by atoms with Crippen LogP contribution < -0.4 is 0 Å². The first-order valence-electron chi connectivity index (χ1n) is 32.5. The van der Waals surface area contributed by atoms with Crippen LogP contribution in [-0.4, -0.2) is 37.2 Å². The highest BCUT2D eigenvalue weighted by Crippen LogP contribution is 2.15. The van der Waals surface area contributed by atoms with E-state index in [4.69, 9.17) is 14.2 Å². The Labute approximate surface area is 482 Å². The zero-order valence-corrected chi connectivity index (χ0v) is 50.9. The highest BCUT2D eigenvalue weighted by atomic mass is 16.6. The summed E-state index contributed by atoms with van der Waals surface area (Å²) in [6, 6.07) is 0. The standard InChI is InChI=1S/C72H120O6/c1-4-7-10-13-16-19-22-25-28-30-32-34-36-38-40-42-44-47-50-53-56-59-62-65-71(74)77-68-69(67-76-70(73)64-61-58-55-52-49-46-27-24-21-18-15-12-9-6-3)78-72(75)66-63-60-57-54-51-48-45-43-41-39-37-35-33-31-29-26-23-20-17-14-11-8-5-2/h7,10,15-16,18-19,23-28,31-34,38,40,44,47,69H,4-6,8-9,11-14,17,20-22,29-30,35-37,39,41-43,45-46,48-68H2,1-3H3/b10-7-,18-15-,19-16-,26-23-,27-24-,28-25-,33-31-,34-32-,40-38-,47-44-. The van der Waals surface area contributed by atoms with Crippen LogP contribution in [0.25, 0.3) is 0 Å². The summed E-state index contributed by atoms with van der Waals surface area (Å²) in [5.41, 5.74) is 0. The molecule has 0 bridgehead atoms. The van der Waals surface area contributed by atoms with E-state index in [2.05, 4.69) is 142 Å². The molecular weight excluding hydrogens is 961 g/mol. The molecule has 0 rings (SSSR count). The second kappa shape index (κ2) is 65.3. The van der Waals surface area contributed by atoms with E-state index in [1.807, 2.05) is 0 Å². The van der Waals surface area contributed by atoms with Gasteiger partial charge >= 0.3 is 17.9 Å². The average molecular weight is 1080 g/mol. The lowest BCUT2D eigenvalue weighted by atomic mass is 10.0. The fourth-order valence-electron chi connectivity index (χ4n) is 8.79. The van der Waals surface area contributed by atoms with Crippen molar-refractivity contribution in [1.29, 1.82) is 0 Å². The summed E-state index contributed by atoms with van der Waals surface area (Å²) in [6.45, 7) is 6.46. The fraction of sp³-hybridized carbons (Fsp3) is 0.681. The van der Waals surface area contributed by atoms with Gasteiger partial charge < -0.3 is 14.2 Å². The van der Waals surface area contributed by atoms with Gasteiger partial charge in [0, 0.05) is 19.3 Å². The number of hydrogen-bond donors (Lipinski definition) is 0. The maximum absolute atomic E-state index is 12.9. The maximum atomic E-state index is 12.9. The molecule has 78 heavy (non-hydrogen) atoms. The van der Waals surface area contributed by atoms with Gasteiger partial charge in [-0.05, 0) is 128 Å². The topological polar surface area (TPSA) is 78.9 Å². The molecule has 0 aliphatic rings. The van der Waals surface area contributed by atoms with Gasteiger partial charge in [0.05, 0.1) is 0 Å². The van der Waals surface area contributed by atoms with Crippen LogP contribution in [0, 0.1) is 0 Å². The minimum absolute atomic E-state index is 0.0964. The minimum Gasteiger partial charge on any atom is -0.462 e. The molecule has 1 unspecified atom stereocenters. The Bertz CT molecular complexity index is 1620. The van der Waals surface area contributed by atoms with Crippen molar-refractivity contribution in [3.63, 3.8) is 0 Å². The molecule has 0 aromatic carbocycles. The maximum Gasteiger partial charge on any atom is 0.306 e. The van der Waals surface area contributed by atoms with Crippen molar-refractivity contribution in [2.45, 2.75) is 303 Å². The number of esters is 3. The van der Waals surface area contributed by atoms with Crippen LogP contribution in [0.5, 0.6) is 0 Å². The molecule has 0 aromatic heterocycles. The summed E-state index contributed by atoms with van der Waals surface area (Å²) in [5, 5.41) is 0. The first-order chi connectivity index (χ1) is 38.5. The summed E-state index contributed by atoms with van der Waals surface area (Å²) < 4.78 is 16.9. The van der Waals surface area contributed by atoms with Crippen LogP contribution in [0.3, 0.4) is 0 Å². The predicted octanol–water partition coefficient (Wildman–Crippen LogP) is 22.4. The second-order valence-electron chi connectivity index (χ2n) is 21.3. The van der Waals surface area contributed by atoms with Crippen LogP contribution in [0.15, 0.2) is 122 Å². The van der Waals surface area contributed by atoms with E-state index < -0.39 is 6.10 Å². The number of allylic oxidation sites excluding steroid dienone is 20. The summed E-state index contributed by atoms with van der Waals surface area (Å²) in [7, 11) is 0. The van der Waals surface area contributed by atoms with Gasteiger partial charge in [-0.1, -0.05) is 271 Å². The molecule has 0 saturated heterocycles. The second-order valence-corrected chi connectivity index (χ2v) is 21.3. The Morgan fingerprint density at radius 1 is 0.269 bits per heavy atom. The van der Waals surface area contributed by atoms with Crippen LogP contribution in [0.1, 0.15) is 297 Å². The molecule has 6 heteroatoms. The molecular formula is C72H120O6. The summed E-state index contributed by atoms with van der Waals surface area (Å²) >= 11 is 0. The van der Waals surface area contributed by atoms with E-state index in [1.54, 1.807) is 0 Å². The predicted molar refractivity (Wildman–Crippen MR) is 339 cm³/mol. The van der Waals surface area contributed by atoms with Gasteiger partial charge in [0.25, 0.3) is 0 Å². The quantitative estimate of drug-likeness (QED) is 0.0261. The van der Waals surface area contributed by atoms with Crippen LogP contribution in [0.2, 0.25) is 0 Å². The Morgan fingerprint density at radius 3 is 0.821 bits per heavy atom. The largest absolute Gasteiger partial charge is 0.462 e. The van der Waals surface area contributed by atoms with Crippen molar-refractivity contribution in [1.82, 2.24) is 0 Å². The molecule has 0 amide bonds. The molecule has 0 aliphatic heterocycles. The Balaban J connectivity index is 4.42. The van der Waals surface area contributed by atoms with Gasteiger partial charge in [-0.25, -0.2) is 0 Å². The first-order valence-corrected chi connectivity index (χ1v) is 32.5. The zero-order chi connectivity index (χ0) is 56.4. The number of hydrogen-bond acceptors (Lipinski definition) is 6. The van der Waals surface area contributed by atoms with Gasteiger partial charge in [-0.2, -0.15) is 0 Å². The zero-order valence-electron chi connectivity index (χ0n) is 50.9. The van der Waals surface area contributed by atoms with E-state index in [-0.39, 0.29) is 31.1 Å². The lowest BCUT2D eigenvalue weighted by Gasteiger charge is -2.18. The molecule has 0 saturated carbocycles. The van der Waals surface area contributed by atoms with Gasteiger partial charge in [-0.3, -0.25) is 14.4 Å². The van der Waals surface area contributed by atoms with Gasteiger partial charge in [-0.15, -0.1) is 0 Å². The van der Waals surface area contributed by atoms with Gasteiger partial charge in [0.2, 0.25) is 0 Å². The molecule has 0 heterocycles. The third-order valence-corrected chi connectivity index (χ3v) is 13.7. The summed E-state index contributed by atoms with van der Waals surface area (Å²) in [4.78, 5) is 38.3.